The number of fused-ring (bicyclic) bond motifs is 1. The van der Waals surface area contributed by atoms with Crippen molar-refractivity contribution in [2.75, 3.05) is 6.61 Å². The largest absolute Gasteiger partial charge is 0.508 e. The van der Waals surface area contributed by atoms with Crippen LogP contribution in [0, 0.1) is 0 Å². The predicted molar refractivity (Wildman–Crippen MR) is 208 cm³/mol. The molecule has 0 spiro atoms. The van der Waals surface area contributed by atoms with Gasteiger partial charge in [0, 0.05) is 45.4 Å². The predicted octanol–water partition coefficient (Wildman–Crippen LogP) is -0.258. The van der Waals surface area contributed by atoms with Gasteiger partial charge in [-0.1, -0.05) is 0 Å². The fourth-order valence-electron chi connectivity index (χ4n) is 7.51. The SMILES string of the molecule is CC(=O)O[C@@H]1[C@@H](OC(C)=O)[C@H](C)O[C@@H](O[C@H]2[C@@H](O)[C@H](OC[C@H]3O[C@@H](Oc4c(-c5ccc(O)cc5)oc5cc(O)cc(O)c5c4=O)[C@H](O)[C@@H](O)[C@@H]3O)O[C@@H](C)[C@@H]2OC(C)=O)[C@@H]1OC(C)=O. The molecule has 23 nitrogen and oxygen atoms in total. The number of esters is 4. The molecule has 0 amide bonds. The Bertz CT molecular complexity index is 2240. The minimum absolute atomic E-state index is 0.139. The molecule has 350 valence electrons. The van der Waals surface area contributed by atoms with Crippen LogP contribution in [0.1, 0.15) is 41.5 Å². The number of carbonyl (C=O) groups excluding carboxylic acids is 4. The molecule has 3 saturated heterocycles. The number of hydrogen-bond acceptors (Lipinski definition) is 23. The van der Waals surface area contributed by atoms with Crippen LogP contribution in [0.2, 0.25) is 0 Å². The standard InChI is InChI=1S/C41H48O23/c1-14-32(57-16(3)42)36(64-41-38(60-19(6)45)37(59-18(5)44)33(15(2)56-41)58-17(4)43)31(53)39(55-14)54-13-25-27(49)29(51)30(52)40(62-25)63-35-28(50)26-23(48)11-22(47)12-24(26)61-34(35)20-7-9-21(46)10-8-20/h7-12,14-15,25,27,29-33,36-41,46-49,51-53H,13H2,1-6H3/t14-,15-,25+,27+,29-,30+,31+,32-,33-,36-,37+,38+,39+,40-,41-/m0/s1. The molecule has 2 aromatic carbocycles. The highest BCUT2D eigenvalue weighted by Gasteiger charge is 2.55. The van der Waals surface area contributed by atoms with E-state index in [4.69, 9.17) is 51.8 Å². The lowest BCUT2D eigenvalue weighted by Gasteiger charge is -2.48. The summed E-state index contributed by atoms with van der Waals surface area (Å²) in [4.78, 5) is 62.7. The van der Waals surface area contributed by atoms with Gasteiger partial charge in [0.1, 0.15) is 64.8 Å². The third-order valence-corrected chi connectivity index (χ3v) is 10.4. The average molecular weight is 909 g/mol. The highest BCUT2D eigenvalue weighted by molar-refractivity contribution is 5.88. The number of ether oxygens (including phenoxy) is 10. The molecule has 6 rings (SSSR count). The first-order valence-electron chi connectivity index (χ1n) is 19.8. The van der Waals surface area contributed by atoms with Gasteiger partial charge >= 0.3 is 23.9 Å². The Balaban J connectivity index is 1.26. The molecule has 7 N–H and O–H groups in total. The maximum absolute atomic E-state index is 13.9. The van der Waals surface area contributed by atoms with E-state index in [1.165, 1.54) is 38.1 Å². The monoisotopic (exact) mass is 908 g/mol. The van der Waals surface area contributed by atoms with E-state index in [1.807, 2.05) is 0 Å². The van der Waals surface area contributed by atoms with Crippen LogP contribution in [0.25, 0.3) is 22.3 Å². The molecule has 4 heterocycles. The summed E-state index contributed by atoms with van der Waals surface area (Å²) < 4.78 is 63.0. The molecule has 3 aromatic rings. The number of aromatic hydroxyl groups is 3. The quantitative estimate of drug-likeness (QED) is 0.0909. The number of phenolic OH excluding ortho intramolecular Hbond substituents is 3. The number of aliphatic hydroxyl groups is 4. The highest BCUT2D eigenvalue weighted by Crippen LogP contribution is 2.39. The van der Waals surface area contributed by atoms with E-state index in [0.29, 0.717) is 0 Å². The Labute approximate surface area is 362 Å². The number of aliphatic hydroxyl groups excluding tert-OH is 4. The van der Waals surface area contributed by atoms with E-state index in [9.17, 15) is 59.7 Å². The summed E-state index contributed by atoms with van der Waals surface area (Å²) in [5, 5.41) is 74.8. The molecule has 0 bridgehead atoms. The van der Waals surface area contributed by atoms with Crippen LogP contribution in [0.4, 0.5) is 0 Å². The van der Waals surface area contributed by atoms with Gasteiger partial charge in [0.2, 0.25) is 17.5 Å². The van der Waals surface area contributed by atoms with Crippen molar-refractivity contribution in [3.63, 3.8) is 0 Å². The Hall–Kier alpha value is -5.63. The molecule has 0 radical (unpaired) electrons. The lowest BCUT2D eigenvalue weighted by atomic mass is 9.96. The van der Waals surface area contributed by atoms with Crippen LogP contribution in [-0.4, -0.2) is 158 Å². The topological polar surface area (TPSA) is 332 Å². The molecule has 0 aliphatic carbocycles. The lowest BCUT2D eigenvalue weighted by Crippen LogP contribution is -2.65. The number of rotatable bonds is 12. The summed E-state index contributed by atoms with van der Waals surface area (Å²) >= 11 is 0. The minimum Gasteiger partial charge on any atom is -0.508 e. The van der Waals surface area contributed by atoms with Crippen molar-refractivity contribution in [3.8, 4) is 34.3 Å². The first kappa shape index (κ1) is 47.8. The van der Waals surface area contributed by atoms with Crippen LogP contribution in [0.5, 0.6) is 23.0 Å². The van der Waals surface area contributed by atoms with E-state index in [1.54, 1.807) is 0 Å². The van der Waals surface area contributed by atoms with Gasteiger partial charge in [-0.15, -0.1) is 0 Å². The summed E-state index contributed by atoms with van der Waals surface area (Å²) in [5.74, 6) is -5.64. The van der Waals surface area contributed by atoms with Gasteiger partial charge in [-0.25, -0.2) is 0 Å². The van der Waals surface area contributed by atoms with E-state index in [0.717, 1.165) is 39.8 Å². The normalized spacial score (nSPS) is 32.9. The molecule has 0 unspecified atom stereocenters. The fraction of sp³-hybridized carbons (Fsp3) is 0.537. The third-order valence-electron chi connectivity index (χ3n) is 10.4. The van der Waals surface area contributed by atoms with E-state index in [2.05, 4.69) is 0 Å². The van der Waals surface area contributed by atoms with Crippen LogP contribution >= 0.6 is 0 Å². The van der Waals surface area contributed by atoms with Gasteiger partial charge in [0.15, 0.2) is 42.8 Å². The zero-order valence-electron chi connectivity index (χ0n) is 35.0. The van der Waals surface area contributed by atoms with Crippen molar-refractivity contribution >= 4 is 34.8 Å². The van der Waals surface area contributed by atoms with E-state index < -0.39 is 151 Å². The molecule has 64 heavy (non-hydrogen) atoms. The highest BCUT2D eigenvalue weighted by atomic mass is 16.8. The van der Waals surface area contributed by atoms with Crippen LogP contribution in [0.3, 0.4) is 0 Å². The molecule has 3 aliphatic heterocycles. The van der Waals surface area contributed by atoms with Gasteiger partial charge < -0.3 is 87.5 Å². The number of hydrogen-bond donors (Lipinski definition) is 7. The Morgan fingerprint density at radius 3 is 1.75 bits per heavy atom. The minimum atomic E-state index is -2.04. The zero-order chi connectivity index (χ0) is 46.9. The maximum Gasteiger partial charge on any atom is 0.303 e. The van der Waals surface area contributed by atoms with Crippen molar-refractivity contribution in [2.24, 2.45) is 0 Å². The van der Waals surface area contributed by atoms with Crippen molar-refractivity contribution in [3.05, 3.63) is 46.6 Å². The second kappa shape index (κ2) is 19.6. The second-order valence-corrected chi connectivity index (χ2v) is 15.2. The molecule has 3 fully saturated rings. The summed E-state index contributed by atoms with van der Waals surface area (Å²) in [7, 11) is 0. The summed E-state index contributed by atoms with van der Waals surface area (Å²) in [5.41, 5.74) is -1.15. The summed E-state index contributed by atoms with van der Waals surface area (Å²) in [6.45, 7) is 6.38. The first-order valence-corrected chi connectivity index (χ1v) is 19.8. The van der Waals surface area contributed by atoms with Crippen LogP contribution in [0.15, 0.2) is 45.6 Å². The number of benzene rings is 2. The van der Waals surface area contributed by atoms with Gasteiger partial charge in [0.25, 0.3) is 0 Å². The number of phenols is 3. The van der Waals surface area contributed by atoms with Gasteiger partial charge in [0.05, 0.1) is 18.8 Å². The lowest BCUT2D eigenvalue weighted by molar-refractivity contribution is -0.360. The molecular formula is C41H48O23. The first-order chi connectivity index (χ1) is 30.1. The van der Waals surface area contributed by atoms with Gasteiger partial charge in [-0.2, -0.15) is 0 Å². The zero-order valence-corrected chi connectivity index (χ0v) is 35.0. The molecular weight excluding hydrogens is 860 g/mol. The summed E-state index contributed by atoms with van der Waals surface area (Å²) in [6.07, 6.45) is -24.6. The van der Waals surface area contributed by atoms with Crippen molar-refractivity contribution in [1.29, 1.82) is 0 Å². The molecule has 1 aromatic heterocycles. The molecule has 3 aliphatic rings. The van der Waals surface area contributed by atoms with Gasteiger partial charge in [-0.3, -0.25) is 24.0 Å². The van der Waals surface area contributed by atoms with Crippen LogP contribution in [-0.2, 0) is 61.8 Å². The Morgan fingerprint density at radius 2 is 1.16 bits per heavy atom. The molecule has 0 saturated carbocycles. The van der Waals surface area contributed by atoms with Crippen molar-refractivity contribution in [2.45, 2.75) is 134 Å². The second-order valence-electron chi connectivity index (χ2n) is 15.2. The van der Waals surface area contributed by atoms with Gasteiger partial charge in [-0.05, 0) is 38.1 Å². The third kappa shape index (κ3) is 10.3. The van der Waals surface area contributed by atoms with Crippen molar-refractivity contribution < 1.29 is 107 Å². The average Bonchev–Trinajstić information content (AvgIpc) is 3.20. The fourth-order valence-corrected chi connectivity index (χ4v) is 7.51. The van der Waals surface area contributed by atoms with Crippen molar-refractivity contribution in [1.82, 2.24) is 0 Å². The Morgan fingerprint density at radius 1 is 0.609 bits per heavy atom. The van der Waals surface area contributed by atoms with E-state index >= 15 is 0 Å². The molecule has 23 heteroatoms. The maximum atomic E-state index is 13.9. The number of carbonyl (C=O) groups is 4. The Kier molecular flexibility index (Phi) is 14.7. The summed E-state index contributed by atoms with van der Waals surface area (Å²) in [6, 6.07) is 7.14. The molecule has 15 atom stereocenters. The smallest absolute Gasteiger partial charge is 0.303 e. The van der Waals surface area contributed by atoms with Crippen LogP contribution < -0.4 is 10.2 Å². The van der Waals surface area contributed by atoms with E-state index in [-0.39, 0.29) is 22.7 Å².